The zero-order valence-corrected chi connectivity index (χ0v) is 11.4. The van der Waals surface area contributed by atoms with Crippen molar-refractivity contribution in [1.82, 2.24) is 5.32 Å². The number of carbonyl (C=O) groups excluding carboxylic acids is 1. The fourth-order valence-electron chi connectivity index (χ4n) is 2.79. The summed E-state index contributed by atoms with van der Waals surface area (Å²) in [7, 11) is 0. The minimum atomic E-state index is 0.159. The van der Waals surface area contributed by atoms with Crippen molar-refractivity contribution in [2.75, 3.05) is 13.1 Å². The molecule has 1 aromatic carbocycles. The average Bonchev–Trinajstić information content (AvgIpc) is 2.40. The van der Waals surface area contributed by atoms with Gasteiger partial charge in [0.15, 0.2) is 5.78 Å². The van der Waals surface area contributed by atoms with Crippen molar-refractivity contribution in [3.8, 4) is 0 Å². The molecule has 1 aromatic rings. The molecule has 1 aliphatic carbocycles. The van der Waals surface area contributed by atoms with Crippen molar-refractivity contribution < 1.29 is 4.79 Å². The van der Waals surface area contributed by atoms with E-state index in [0.29, 0.717) is 11.7 Å². The Morgan fingerprint density at radius 3 is 2.89 bits per heavy atom. The first kappa shape index (κ1) is 13.3. The monoisotopic (exact) mass is 245 g/mol. The third-order valence-electron chi connectivity index (χ3n) is 3.86. The molecule has 1 N–H and O–H groups in total. The van der Waals surface area contributed by atoms with Crippen molar-refractivity contribution in [3.05, 3.63) is 35.4 Å². The van der Waals surface area contributed by atoms with E-state index in [-0.39, 0.29) is 5.92 Å². The molecule has 18 heavy (non-hydrogen) atoms. The zero-order chi connectivity index (χ0) is 13.0. The molecule has 0 saturated carbocycles. The molecular weight excluding hydrogens is 222 g/mol. The van der Waals surface area contributed by atoms with Crippen LogP contribution in [0.5, 0.6) is 0 Å². The Morgan fingerprint density at radius 2 is 2.11 bits per heavy atom. The third-order valence-corrected chi connectivity index (χ3v) is 3.86. The van der Waals surface area contributed by atoms with Gasteiger partial charge in [-0.25, -0.2) is 0 Å². The lowest BCUT2D eigenvalue weighted by molar-refractivity contribution is 0.0893. The Morgan fingerprint density at radius 1 is 1.33 bits per heavy atom. The van der Waals surface area contributed by atoms with Crippen LogP contribution in [0.4, 0.5) is 0 Å². The molecule has 0 aromatic heterocycles. The third kappa shape index (κ3) is 2.81. The number of Topliss-reactive ketones (excluding diaryl/α,β-unsaturated/α-hetero) is 1. The van der Waals surface area contributed by atoms with Gasteiger partial charge in [-0.2, -0.15) is 0 Å². The lowest BCUT2D eigenvalue weighted by Crippen LogP contribution is -2.33. The van der Waals surface area contributed by atoms with E-state index in [4.69, 9.17) is 0 Å². The fourth-order valence-corrected chi connectivity index (χ4v) is 2.79. The lowest BCUT2D eigenvalue weighted by Gasteiger charge is -2.28. The van der Waals surface area contributed by atoms with Crippen molar-refractivity contribution in [1.29, 1.82) is 0 Å². The van der Waals surface area contributed by atoms with Gasteiger partial charge < -0.3 is 5.32 Å². The average molecular weight is 245 g/mol. The van der Waals surface area contributed by atoms with Crippen molar-refractivity contribution in [3.63, 3.8) is 0 Å². The molecule has 1 aliphatic rings. The Hall–Kier alpha value is -1.15. The first-order valence-corrected chi connectivity index (χ1v) is 7.08. The summed E-state index contributed by atoms with van der Waals surface area (Å²) in [6.07, 6.45) is 3.37. The van der Waals surface area contributed by atoms with Crippen LogP contribution in [0.1, 0.15) is 54.9 Å². The summed E-state index contributed by atoms with van der Waals surface area (Å²) in [5.74, 6) is 0.983. The number of unbranched alkanes of at least 4 members (excludes halogenated alkanes) is 1. The van der Waals surface area contributed by atoms with Crippen LogP contribution in [0.15, 0.2) is 24.3 Å². The summed E-state index contributed by atoms with van der Waals surface area (Å²) in [6, 6.07) is 8.07. The number of hydrogen-bond acceptors (Lipinski definition) is 2. The molecule has 0 bridgehead atoms. The molecule has 0 radical (unpaired) electrons. The summed E-state index contributed by atoms with van der Waals surface area (Å²) in [5.41, 5.74) is 2.17. The van der Waals surface area contributed by atoms with Gasteiger partial charge in [-0.05, 0) is 30.9 Å². The number of rotatable bonds is 5. The molecule has 0 fully saturated rings. The fraction of sp³-hybridized carbons (Fsp3) is 0.562. The highest BCUT2D eigenvalue weighted by atomic mass is 16.1. The first-order valence-electron chi connectivity index (χ1n) is 7.08. The minimum absolute atomic E-state index is 0.159. The van der Waals surface area contributed by atoms with Gasteiger partial charge in [-0.1, -0.05) is 44.5 Å². The summed E-state index contributed by atoms with van der Waals surface area (Å²) in [5, 5.41) is 3.42. The Bertz CT molecular complexity index is 413. The van der Waals surface area contributed by atoms with Gasteiger partial charge in [-0.15, -0.1) is 0 Å². The molecule has 0 heterocycles. The molecule has 2 atom stereocenters. The molecule has 2 nitrogen and oxygen atoms in total. The normalized spacial score (nSPS) is 22.9. The molecular formula is C16H23NO. The maximum atomic E-state index is 12.4. The zero-order valence-electron chi connectivity index (χ0n) is 11.4. The maximum absolute atomic E-state index is 12.4. The number of carbonyl (C=O) groups is 1. The second-order valence-electron chi connectivity index (χ2n) is 5.34. The quantitative estimate of drug-likeness (QED) is 0.806. The summed E-state index contributed by atoms with van der Waals surface area (Å²) < 4.78 is 0. The molecule has 0 aliphatic heterocycles. The van der Waals surface area contributed by atoms with Gasteiger partial charge in [0, 0.05) is 18.0 Å². The summed E-state index contributed by atoms with van der Waals surface area (Å²) in [4.78, 5) is 12.4. The minimum Gasteiger partial charge on any atom is -0.316 e. The molecule has 2 heteroatoms. The van der Waals surface area contributed by atoms with Crippen LogP contribution in [-0.4, -0.2) is 18.9 Å². The highest BCUT2D eigenvalue weighted by molar-refractivity contribution is 6.00. The van der Waals surface area contributed by atoms with Crippen molar-refractivity contribution in [2.24, 2.45) is 5.92 Å². The van der Waals surface area contributed by atoms with E-state index in [2.05, 4.69) is 25.2 Å². The van der Waals surface area contributed by atoms with Gasteiger partial charge in [0.05, 0.1) is 0 Å². The van der Waals surface area contributed by atoms with E-state index in [9.17, 15) is 4.79 Å². The Kier molecular flexibility index (Phi) is 4.54. The van der Waals surface area contributed by atoms with E-state index in [0.717, 1.165) is 25.1 Å². The second-order valence-corrected chi connectivity index (χ2v) is 5.34. The van der Waals surface area contributed by atoms with Crippen molar-refractivity contribution >= 4 is 5.78 Å². The lowest BCUT2D eigenvalue weighted by atomic mass is 9.77. The van der Waals surface area contributed by atoms with Gasteiger partial charge in [0.1, 0.15) is 0 Å². The van der Waals surface area contributed by atoms with Crippen molar-refractivity contribution in [2.45, 2.75) is 39.0 Å². The van der Waals surface area contributed by atoms with Gasteiger partial charge in [-0.3, -0.25) is 4.79 Å². The largest absolute Gasteiger partial charge is 0.316 e. The summed E-state index contributed by atoms with van der Waals surface area (Å²) >= 11 is 0. The summed E-state index contributed by atoms with van der Waals surface area (Å²) in [6.45, 7) is 6.27. The van der Waals surface area contributed by atoms with E-state index < -0.39 is 0 Å². The van der Waals surface area contributed by atoms with Gasteiger partial charge >= 0.3 is 0 Å². The van der Waals surface area contributed by atoms with Crippen LogP contribution in [-0.2, 0) is 0 Å². The SMILES string of the molecule is CCCCNC[C@H]1C[C@@H](C)c2ccccc2C1=O. The van der Waals surface area contributed by atoms with Crippen LogP contribution in [0.3, 0.4) is 0 Å². The number of benzene rings is 1. The van der Waals surface area contributed by atoms with E-state index in [1.165, 1.54) is 18.4 Å². The van der Waals surface area contributed by atoms with E-state index >= 15 is 0 Å². The van der Waals surface area contributed by atoms with Crippen LogP contribution in [0.25, 0.3) is 0 Å². The predicted molar refractivity (Wildman–Crippen MR) is 75.1 cm³/mol. The highest BCUT2D eigenvalue weighted by Gasteiger charge is 2.30. The van der Waals surface area contributed by atoms with E-state index in [1.807, 2.05) is 18.2 Å². The van der Waals surface area contributed by atoms with Crippen LogP contribution >= 0.6 is 0 Å². The van der Waals surface area contributed by atoms with Gasteiger partial charge in [0.2, 0.25) is 0 Å². The first-order chi connectivity index (χ1) is 8.74. The van der Waals surface area contributed by atoms with Crippen LogP contribution in [0.2, 0.25) is 0 Å². The Balaban J connectivity index is 2.02. The number of nitrogens with one attached hydrogen (secondary N) is 1. The highest BCUT2D eigenvalue weighted by Crippen LogP contribution is 2.33. The molecule has 98 valence electrons. The maximum Gasteiger partial charge on any atom is 0.167 e. The smallest absolute Gasteiger partial charge is 0.167 e. The van der Waals surface area contributed by atoms with Crippen LogP contribution in [0, 0.1) is 5.92 Å². The molecule has 0 saturated heterocycles. The molecule has 0 unspecified atom stereocenters. The number of fused-ring (bicyclic) bond motifs is 1. The standard InChI is InChI=1S/C16H23NO/c1-3-4-9-17-11-13-10-12(2)14-7-5-6-8-15(14)16(13)18/h5-8,12-13,17H,3-4,9-11H2,1-2H3/t12-,13-/m1/s1. The molecule has 2 rings (SSSR count). The number of ketones is 1. The van der Waals surface area contributed by atoms with Gasteiger partial charge in [0.25, 0.3) is 0 Å². The molecule has 0 spiro atoms. The van der Waals surface area contributed by atoms with E-state index in [1.54, 1.807) is 0 Å². The predicted octanol–water partition coefficient (Wildman–Crippen LogP) is 3.38. The number of hydrogen-bond donors (Lipinski definition) is 1. The van der Waals surface area contributed by atoms with Crippen LogP contribution < -0.4 is 5.32 Å². The Labute approximate surface area is 110 Å². The topological polar surface area (TPSA) is 29.1 Å². The second kappa shape index (κ2) is 6.14. The molecule has 0 amide bonds.